The van der Waals surface area contributed by atoms with Gasteiger partial charge in [-0.05, 0) is 68.7 Å². The molecule has 4 rings (SSSR count). The Bertz CT molecular complexity index is 1100. The maximum absolute atomic E-state index is 13.7. The summed E-state index contributed by atoms with van der Waals surface area (Å²) in [5.41, 5.74) is 0.526. The highest BCUT2D eigenvalue weighted by molar-refractivity contribution is 5.92. The molecule has 2 saturated heterocycles. The normalized spacial score (nSPS) is 28.7. The van der Waals surface area contributed by atoms with Crippen LogP contribution in [0.1, 0.15) is 93.4 Å². The average Bonchev–Trinajstić information content (AvgIpc) is 3.12. The summed E-state index contributed by atoms with van der Waals surface area (Å²) in [6.45, 7) is 24.1. The van der Waals surface area contributed by atoms with Gasteiger partial charge in [-0.1, -0.05) is 60.6 Å². The molecule has 0 aromatic heterocycles. The van der Waals surface area contributed by atoms with Crippen molar-refractivity contribution in [1.82, 2.24) is 25.8 Å². The van der Waals surface area contributed by atoms with E-state index in [0.717, 1.165) is 44.3 Å². The smallest absolute Gasteiger partial charge is 0.243 e. The van der Waals surface area contributed by atoms with Crippen molar-refractivity contribution >= 4 is 17.7 Å². The van der Waals surface area contributed by atoms with Crippen LogP contribution in [-0.4, -0.2) is 83.0 Å². The molecule has 2 spiro atoms. The predicted octanol–water partition coefficient (Wildman–Crippen LogP) is 3.87. The highest BCUT2D eigenvalue weighted by Crippen LogP contribution is 2.88. The van der Waals surface area contributed by atoms with E-state index in [4.69, 9.17) is 0 Å². The number of hydrogen-bond donors (Lipinski definition) is 4. The van der Waals surface area contributed by atoms with E-state index in [9.17, 15) is 19.5 Å². The fourth-order valence-electron chi connectivity index (χ4n) is 8.67. The van der Waals surface area contributed by atoms with Crippen molar-refractivity contribution < 1.29 is 19.5 Å². The average molecular weight is 586 g/mol. The maximum Gasteiger partial charge on any atom is 0.243 e. The number of hydrogen-bond acceptors (Lipinski definition) is 6. The number of amides is 3. The van der Waals surface area contributed by atoms with Crippen LogP contribution in [0.2, 0.25) is 0 Å². The monoisotopic (exact) mass is 585 g/mol. The lowest BCUT2D eigenvalue weighted by atomic mass is 9.73. The zero-order valence-corrected chi connectivity index (χ0v) is 27.1. The van der Waals surface area contributed by atoms with Crippen LogP contribution in [-0.2, 0) is 14.4 Å². The van der Waals surface area contributed by atoms with Crippen molar-refractivity contribution in [3.05, 3.63) is 24.6 Å². The molecule has 9 nitrogen and oxygen atoms in total. The van der Waals surface area contributed by atoms with E-state index in [0.29, 0.717) is 19.0 Å². The lowest BCUT2D eigenvalue weighted by molar-refractivity contribution is -0.139. The minimum absolute atomic E-state index is 0.0419. The van der Waals surface area contributed by atoms with Crippen LogP contribution in [0.4, 0.5) is 0 Å². The Morgan fingerprint density at radius 1 is 0.976 bits per heavy atom. The van der Waals surface area contributed by atoms with Crippen molar-refractivity contribution in [2.75, 3.05) is 26.2 Å². The van der Waals surface area contributed by atoms with Gasteiger partial charge in [0.15, 0.2) is 0 Å². The van der Waals surface area contributed by atoms with E-state index >= 15 is 0 Å². The second kappa shape index (κ2) is 11.5. The zero-order chi connectivity index (χ0) is 31.3. The van der Waals surface area contributed by atoms with Gasteiger partial charge in [0.25, 0.3) is 0 Å². The minimum atomic E-state index is -0.641. The Balaban J connectivity index is 1.45. The summed E-state index contributed by atoms with van der Waals surface area (Å²) in [5, 5.41) is 18.6. The van der Waals surface area contributed by atoms with Crippen molar-refractivity contribution in [3.8, 4) is 0 Å². The van der Waals surface area contributed by atoms with Gasteiger partial charge >= 0.3 is 0 Å². The van der Waals surface area contributed by atoms with Gasteiger partial charge in [-0.3, -0.25) is 19.3 Å². The Hall–Kier alpha value is -2.55. The largest absolute Gasteiger partial charge is 0.511 e. The van der Waals surface area contributed by atoms with Gasteiger partial charge in [0, 0.05) is 29.7 Å². The molecule has 4 fully saturated rings. The first-order valence-corrected chi connectivity index (χ1v) is 15.9. The van der Waals surface area contributed by atoms with E-state index in [2.05, 4.69) is 61.7 Å². The fraction of sp³-hybridized carbons (Fsp3) is 0.788. The molecule has 42 heavy (non-hydrogen) atoms. The summed E-state index contributed by atoms with van der Waals surface area (Å²) in [4.78, 5) is 44.7. The number of piperidine rings is 1. The summed E-state index contributed by atoms with van der Waals surface area (Å²) >= 11 is 0. The molecule has 2 aliphatic heterocycles. The summed E-state index contributed by atoms with van der Waals surface area (Å²) in [7, 11) is 0. The summed E-state index contributed by atoms with van der Waals surface area (Å²) in [5.74, 6) is -0.926. The van der Waals surface area contributed by atoms with Crippen molar-refractivity contribution in [2.45, 2.75) is 118 Å². The Morgan fingerprint density at radius 3 is 2.17 bits per heavy atom. The van der Waals surface area contributed by atoms with Gasteiger partial charge in [-0.15, -0.1) is 0 Å². The van der Waals surface area contributed by atoms with Gasteiger partial charge in [0.2, 0.25) is 17.7 Å². The quantitative estimate of drug-likeness (QED) is 0.290. The number of rotatable bonds is 10. The van der Waals surface area contributed by atoms with Crippen LogP contribution >= 0.6 is 0 Å². The third-order valence-electron chi connectivity index (χ3n) is 11.4. The Kier molecular flexibility index (Phi) is 8.87. The molecule has 0 radical (unpaired) electrons. The van der Waals surface area contributed by atoms with Crippen LogP contribution in [0.3, 0.4) is 0 Å². The summed E-state index contributed by atoms with van der Waals surface area (Å²) in [6.07, 6.45) is 7.32. The molecule has 4 aliphatic rings. The van der Waals surface area contributed by atoms with Gasteiger partial charge in [-0.25, -0.2) is 0 Å². The lowest BCUT2D eigenvalue weighted by Crippen LogP contribution is -2.56. The van der Waals surface area contributed by atoms with Gasteiger partial charge < -0.3 is 26.0 Å². The van der Waals surface area contributed by atoms with Crippen LogP contribution < -0.4 is 16.0 Å². The Morgan fingerprint density at radius 2 is 1.64 bits per heavy atom. The maximum atomic E-state index is 13.7. The lowest BCUT2D eigenvalue weighted by Gasteiger charge is -2.42. The van der Waals surface area contributed by atoms with Crippen LogP contribution in [0.25, 0.3) is 0 Å². The molecule has 0 aromatic carbocycles. The molecule has 236 valence electrons. The molecule has 1 unspecified atom stereocenters. The molecule has 9 heteroatoms. The molecule has 2 saturated carbocycles. The summed E-state index contributed by atoms with van der Waals surface area (Å²) in [6, 6.07) is -0.673. The van der Waals surface area contributed by atoms with Crippen LogP contribution in [0.5, 0.6) is 0 Å². The van der Waals surface area contributed by atoms with E-state index in [-0.39, 0.29) is 58.9 Å². The number of carbonyl (C=O) groups is 3. The second-order valence-electron chi connectivity index (χ2n) is 15.2. The number of carbonyl (C=O) groups excluding carboxylic acids is 3. The van der Waals surface area contributed by atoms with Crippen molar-refractivity contribution in [3.63, 3.8) is 0 Å². The predicted molar refractivity (Wildman–Crippen MR) is 165 cm³/mol. The molecule has 3 amide bonds. The van der Waals surface area contributed by atoms with Gasteiger partial charge in [0.1, 0.15) is 17.8 Å². The number of nitrogens with one attached hydrogen (secondary N) is 3. The van der Waals surface area contributed by atoms with Crippen molar-refractivity contribution in [2.24, 2.45) is 21.7 Å². The number of aliphatic hydroxyl groups excluding tert-OH is 1. The highest BCUT2D eigenvalue weighted by atomic mass is 16.3. The van der Waals surface area contributed by atoms with E-state index < -0.39 is 17.5 Å². The molecule has 4 N–H and O–H groups in total. The van der Waals surface area contributed by atoms with Gasteiger partial charge in [-0.2, -0.15) is 0 Å². The van der Waals surface area contributed by atoms with Crippen LogP contribution in [0.15, 0.2) is 24.6 Å². The van der Waals surface area contributed by atoms with Crippen molar-refractivity contribution in [1.29, 1.82) is 0 Å². The third-order valence-corrected chi connectivity index (χ3v) is 11.4. The standard InChI is InChI=1S/C33H55N5O4/c1-21(2)37-16-11-10-13-24(37)23(4)36-27(30(5,6)7)29(42)35-19-26(40)38-20-33(31(8,9)32(33)14-12-15-32)17-25(38)28(41)34-18-22(3)39/h21,24-25,27,36,39H,3-4,10-20H2,1-2,5-9H3,(H,34,41)(H,35,42)/t24-,25+,27-,33?/m1/s1. The SMILES string of the molecule is C=C(O)CNC(=O)[C@@H]1CC2(CN1C(=O)CNC(=O)[C@@H](NC(=C)[C@H]1CCCCN1C(C)C)C(C)(C)C)C(C)(C)C21CCC1. The number of aliphatic hydroxyl groups is 1. The Labute approximate surface area is 252 Å². The van der Waals surface area contributed by atoms with Crippen LogP contribution in [0, 0.1) is 21.7 Å². The first-order chi connectivity index (χ1) is 19.5. The number of nitrogens with zero attached hydrogens (tertiary/aromatic N) is 2. The minimum Gasteiger partial charge on any atom is -0.511 e. The molecule has 4 atom stereocenters. The zero-order valence-electron chi connectivity index (χ0n) is 27.1. The topological polar surface area (TPSA) is 114 Å². The molecular weight excluding hydrogens is 530 g/mol. The fourth-order valence-corrected chi connectivity index (χ4v) is 8.67. The highest BCUT2D eigenvalue weighted by Gasteiger charge is 2.85. The third kappa shape index (κ3) is 5.46. The van der Waals surface area contributed by atoms with E-state index in [1.807, 2.05) is 20.8 Å². The first-order valence-electron chi connectivity index (χ1n) is 15.9. The van der Waals surface area contributed by atoms with Gasteiger partial charge in [0.05, 0.1) is 13.1 Å². The van der Waals surface area contributed by atoms with E-state index in [1.165, 1.54) is 6.42 Å². The second-order valence-corrected chi connectivity index (χ2v) is 15.2. The molecule has 0 bridgehead atoms. The summed E-state index contributed by atoms with van der Waals surface area (Å²) < 4.78 is 0. The number of fused-ring (bicyclic) bond motifs is 1. The molecule has 0 aromatic rings. The number of likely N-dealkylation sites (tertiary alicyclic amines) is 2. The first kappa shape index (κ1) is 32.4. The molecule has 2 heterocycles. The van der Waals surface area contributed by atoms with E-state index in [1.54, 1.807) is 4.90 Å². The molecular formula is C33H55N5O4. The molecule has 2 aliphatic carbocycles.